The van der Waals surface area contributed by atoms with Gasteiger partial charge < -0.3 is 15.0 Å². The summed E-state index contributed by atoms with van der Waals surface area (Å²) in [5, 5.41) is 4.90. The van der Waals surface area contributed by atoms with Gasteiger partial charge in [0.25, 0.3) is 5.91 Å². The monoisotopic (exact) mass is 390 g/mol. The van der Waals surface area contributed by atoms with Gasteiger partial charge in [-0.2, -0.15) is 0 Å². The first kappa shape index (κ1) is 20.4. The van der Waals surface area contributed by atoms with Gasteiger partial charge in [0.15, 0.2) is 0 Å². The summed E-state index contributed by atoms with van der Waals surface area (Å²) in [7, 11) is 1.78. The van der Waals surface area contributed by atoms with Crippen LogP contribution in [-0.4, -0.2) is 30.4 Å². The van der Waals surface area contributed by atoms with Crippen molar-refractivity contribution in [3.63, 3.8) is 0 Å². The first-order valence-electron chi connectivity index (χ1n) is 9.76. The Labute approximate surface area is 171 Å². The fourth-order valence-corrected chi connectivity index (χ4v) is 3.29. The van der Waals surface area contributed by atoms with Gasteiger partial charge in [0.2, 0.25) is 5.91 Å². The van der Waals surface area contributed by atoms with E-state index in [1.165, 1.54) is 6.92 Å². The van der Waals surface area contributed by atoms with E-state index >= 15 is 0 Å². The zero-order valence-corrected chi connectivity index (χ0v) is 17.1. The Morgan fingerprint density at radius 2 is 1.83 bits per heavy atom. The van der Waals surface area contributed by atoms with Crippen molar-refractivity contribution < 1.29 is 14.3 Å². The van der Waals surface area contributed by atoms with E-state index in [1.54, 1.807) is 36.2 Å². The molecule has 3 aromatic rings. The number of carbonyl (C=O) groups excluding carboxylic acids is 2. The molecule has 0 bridgehead atoms. The van der Waals surface area contributed by atoms with E-state index < -0.39 is 0 Å². The molecule has 150 valence electrons. The Morgan fingerprint density at radius 3 is 2.59 bits per heavy atom. The van der Waals surface area contributed by atoms with E-state index in [0.717, 1.165) is 28.5 Å². The highest BCUT2D eigenvalue weighted by Gasteiger charge is 2.17. The highest BCUT2D eigenvalue weighted by atomic mass is 16.5. The van der Waals surface area contributed by atoms with Gasteiger partial charge in [0.05, 0.1) is 6.61 Å². The van der Waals surface area contributed by atoms with Crippen molar-refractivity contribution in [1.29, 1.82) is 0 Å². The van der Waals surface area contributed by atoms with Crippen LogP contribution in [0.2, 0.25) is 0 Å². The topological polar surface area (TPSA) is 58.6 Å². The number of benzene rings is 3. The van der Waals surface area contributed by atoms with Gasteiger partial charge in [-0.05, 0) is 41.5 Å². The number of fused-ring (bicyclic) bond motifs is 1. The SMILES string of the molecule is CCCOc1ccc2ccccc2c1CN(C)C(=O)c1cccc(NC(C)=O)c1. The van der Waals surface area contributed by atoms with Crippen LogP contribution in [-0.2, 0) is 11.3 Å². The zero-order valence-electron chi connectivity index (χ0n) is 17.1. The summed E-state index contributed by atoms with van der Waals surface area (Å²) in [5.41, 5.74) is 2.12. The van der Waals surface area contributed by atoms with Gasteiger partial charge in [-0.25, -0.2) is 0 Å². The van der Waals surface area contributed by atoms with Gasteiger partial charge in [-0.15, -0.1) is 0 Å². The van der Waals surface area contributed by atoms with Crippen LogP contribution >= 0.6 is 0 Å². The summed E-state index contributed by atoms with van der Waals surface area (Å²) in [4.78, 5) is 26.0. The summed E-state index contributed by atoms with van der Waals surface area (Å²) < 4.78 is 5.96. The second kappa shape index (κ2) is 9.24. The molecule has 5 nitrogen and oxygen atoms in total. The largest absolute Gasteiger partial charge is 0.493 e. The molecule has 0 aliphatic carbocycles. The average Bonchev–Trinajstić information content (AvgIpc) is 2.72. The fraction of sp³-hybridized carbons (Fsp3) is 0.250. The van der Waals surface area contributed by atoms with E-state index in [1.807, 2.05) is 24.3 Å². The number of hydrogen-bond acceptors (Lipinski definition) is 3. The number of hydrogen-bond donors (Lipinski definition) is 1. The minimum absolute atomic E-state index is 0.119. The molecule has 0 atom stereocenters. The first-order chi connectivity index (χ1) is 14.0. The van der Waals surface area contributed by atoms with E-state index in [9.17, 15) is 9.59 Å². The summed E-state index contributed by atoms with van der Waals surface area (Å²) in [6.45, 7) is 4.56. The summed E-state index contributed by atoms with van der Waals surface area (Å²) >= 11 is 0. The van der Waals surface area contributed by atoms with Crippen LogP contribution in [0.3, 0.4) is 0 Å². The molecule has 0 aliphatic heterocycles. The maximum Gasteiger partial charge on any atom is 0.253 e. The van der Waals surface area contributed by atoms with E-state index in [4.69, 9.17) is 4.74 Å². The van der Waals surface area contributed by atoms with Crippen molar-refractivity contribution in [3.05, 3.63) is 71.8 Å². The normalized spacial score (nSPS) is 10.6. The van der Waals surface area contributed by atoms with Crippen molar-refractivity contribution in [2.75, 3.05) is 19.0 Å². The Hall–Kier alpha value is -3.34. The van der Waals surface area contributed by atoms with Crippen molar-refractivity contribution >= 4 is 28.3 Å². The lowest BCUT2D eigenvalue weighted by atomic mass is 10.0. The predicted molar refractivity (Wildman–Crippen MR) is 116 cm³/mol. The van der Waals surface area contributed by atoms with Crippen LogP contribution < -0.4 is 10.1 Å². The molecule has 3 aromatic carbocycles. The summed E-state index contributed by atoms with van der Waals surface area (Å²) in [5.74, 6) is 0.514. The Kier molecular flexibility index (Phi) is 6.50. The Bertz CT molecular complexity index is 1030. The van der Waals surface area contributed by atoms with Gasteiger partial charge in [0.1, 0.15) is 5.75 Å². The van der Waals surface area contributed by atoms with Crippen molar-refractivity contribution in [3.8, 4) is 5.75 Å². The smallest absolute Gasteiger partial charge is 0.253 e. The van der Waals surface area contributed by atoms with E-state index in [-0.39, 0.29) is 11.8 Å². The maximum atomic E-state index is 13.0. The van der Waals surface area contributed by atoms with Gasteiger partial charge in [0, 0.05) is 37.3 Å². The Balaban J connectivity index is 1.89. The number of amides is 2. The summed E-state index contributed by atoms with van der Waals surface area (Å²) in [6.07, 6.45) is 0.914. The molecule has 29 heavy (non-hydrogen) atoms. The number of ether oxygens (including phenoxy) is 1. The lowest BCUT2D eigenvalue weighted by Gasteiger charge is -2.21. The number of nitrogens with one attached hydrogen (secondary N) is 1. The molecule has 3 rings (SSSR count). The summed E-state index contributed by atoms with van der Waals surface area (Å²) in [6, 6.07) is 19.1. The maximum absolute atomic E-state index is 13.0. The van der Waals surface area contributed by atoms with Gasteiger partial charge >= 0.3 is 0 Å². The van der Waals surface area contributed by atoms with Crippen LogP contribution in [0.4, 0.5) is 5.69 Å². The average molecular weight is 390 g/mol. The highest BCUT2D eigenvalue weighted by molar-refractivity contribution is 5.97. The highest BCUT2D eigenvalue weighted by Crippen LogP contribution is 2.30. The molecule has 0 spiro atoms. The quantitative estimate of drug-likeness (QED) is 0.627. The minimum atomic E-state index is -0.170. The third kappa shape index (κ3) is 4.93. The number of rotatable bonds is 7. The molecule has 1 N–H and O–H groups in total. The molecule has 0 unspecified atom stereocenters. The number of carbonyl (C=O) groups is 2. The third-order valence-corrected chi connectivity index (χ3v) is 4.63. The second-order valence-electron chi connectivity index (χ2n) is 7.04. The van der Waals surface area contributed by atoms with E-state index in [0.29, 0.717) is 24.4 Å². The first-order valence-corrected chi connectivity index (χ1v) is 9.76. The van der Waals surface area contributed by atoms with E-state index in [2.05, 4.69) is 24.4 Å². The molecule has 0 saturated heterocycles. The molecule has 0 radical (unpaired) electrons. The minimum Gasteiger partial charge on any atom is -0.493 e. The van der Waals surface area contributed by atoms with Crippen LogP contribution in [0, 0.1) is 0 Å². The third-order valence-electron chi connectivity index (χ3n) is 4.63. The lowest BCUT2D eigenvalue weighted by Crippen LogP contribution is -2.26. The molecule has 0 heterocycles. The van der Waals surface area contributed by atoms with Crippen molar-refractivity contribution in [1.82, 2.24) is 4.90 Å². The van der Waals surface area contributed by atoms with Gasteiger partial charge in [-0.1, -0.05) is 43.3 Å². The predicted octanol–water partition coefficient (Wildman–Crippen LogP) is 4.86. The molecular formula is C24H26N2O3. The molecule has 0 saturated carbocycles. The van der Waals surface area contributed by atoms with Gasteiger partial charge in [-0.3, -0.25) is 9.59 Å². The lowest BCUT2D eigenvalue weighted by molar-refractivity contribution is -0.114. The Morgan fingerprint density at radius 1 is 1.03 bits per heavy atom. The number of anilines is 1. The van der Waals surface area contributed by atoms with Crippen LogP contribution in [0.5, 0.6) is 5.75 Å². The zero-order chi connectivity index (χ0) is 20.8. The molecule has 5 heteroatoms. The molecule has 0 fully saturated rings. The van der Waals surface area contributed by atoms with Crippen LogP contribution in [0.15, 0.2) is 60.7 Å². The molecule has 2 amide bonds. The van der Waals surface area contributed by atoms with Crippen molar-refractivity contribution in [2.45, 2.75) is 26.8 Å². The fourth-order valence-electron chi connectivity index (χ4n) is 3.29. The molecule has 0 aliphatic rings. The van der Waals surface area contributed by atoms with Crippen LogP contribution in [0.1, 0.15) is 36.2 Å². The number of nitrogens with zero attached hydrogens (tertiary/aromatic N) is 1. The van der Waals surface area contributed by atoms with Crippen molar-refractivity contribution in [2.24, 2.45) is 0 Å². The second-order valence-corrected chi connectivity index (χ2v) is 7.04. The van der Waals surface area contributed by atoms with Crippen LogP contribution in [0.25, 0.3) is 10.8 Å². The molecular weight excluding hydrogens is 364 g/mol. The molecule has 0 aromatic heterocycles. The standard InChI is InChI=1S/C24H26N2O3/c1-4-14-29-23-13-12-18-8-5-6-11-21(18)22(23)16-26(3)24(28)19-9-7-10-20(15-19)25-17(2)27/h5-13,15H,4,14,16H2,1-3H3,(H,25,27).